The number of hydrogen-bond donors (Lipinski definition) is 1. The summed E-state index contributed by atoms with van der Waals surface area (Å²) in [7, 11) is 1.84. The molecule has 1 N–H and O–H groups in total. The predicted molar refractivity (Wildman–Crippen MR) is 82.1 cm³/mol. The third-order valence-electron chi connectivity index (χ3n) is 4.74. The molecule has 2 aliphatic heterocycles. The number of amides is 1. The molecule has 1 atom stereocenters. The lowest BCUT2D eigenvalue weighted by Gasteiger charge is -2.51. The van der Waals surface area contributed by atoms with E-state index in [-0.39, 0.29) is 17.3 Å². The fourth-order valence-electron chi connectivity index (χ4n) is 3.71. The highest BCUT2D eigenvalue weighted by Gasteiger charge is 2.51. The minimum Gasteiger partial charge on any atom is -0.357 e. The molecule has 0 aromatic heterocycles. The molecule has 1 spiro atoms. The summed E-state index contributed by atoms with van der Waals surface area (Å²) in [5.74, 6) is -0.266. The first-order chi connectivity index (χ1) is 10.4. The lowest BCUT2D eigenvalue weighted by molar-refractivity contribution is -0.214. The van der Waals surface area contributed by atoms with Crippen LogP contribution in [-0.4, -0.2) is 48.7 Å². The van der Waals surface area contributed by atoms with Crippen LogP contribution in [0.4, 0.5) is 4.39 Å². The molecule has 4 nitrogen and oxygen atoms in total. The third-order valence-corrected chi connectivity index (χ3v) is 4.74. The number of carbonyl (C=O) groups excluding carboxylic acids is 1. The predicted octanol–water partition coefficient (Wildman–Crippen LogP) is 1.74. The van der Waals surface area contributed by atoms with Crippen molar-refractivity contribution < 1.29 is 13.9 Å². The number of piperidine rings is 1. The summed E-state index contributed by atoms with van der Waals surface area (Å²) < 4.78 is 19.5. The Labute approximate surface area is 130 Å². The zero-order valence-electron chi connectivity index (χ0n) is 13.2. The average Bonchev–Trinajstić information content (AvgIpc) is 2.48. The van der Waals surface area contributed by atoms with Gasteiger partial charge in [-0.2, -0.15) is 0 Å². The van der Waals surface area contributed by atoms with Crippen molar-refractivity contribution in [2.75, 3.05) is 26.7 Å². The second kappa shape index (κ2) is 5.63. The molecule has 1 unspecified atom stereocenters. The molecule has 2 aliphatic rings. The number of nitrogens with zero attached hydrogens (tertiary/aromatic N) is 1. The van der Waals surface area contributed by atoms with Crippen LogP contribution in [0.5, 0.6) is 0 Å². The molecule has 22 heavy (non-hydrogen) atoms. The Morgan fingerprint density at radius 3 is 2.55 bits per heavy atom. The van der Waals surface area contributed by atoms with Crippen LogP contribution in [-0.2, 0) is 16.0 Å². The minimum absolute atomic E-state index is 0.000910. The molecule has 1 amide bonds. The quantitative estimate of drug-likeness (QED) is 0.905. The molecular weight excluding hydrogens is 283 g/mol. The van der Waals surface area contributed by atoms with Crippen molar-refractivity contribution in [2.24, 2.45) is 0 Å². The van der Waals surface area contributed by atoms with Crippen molar-refractivity contribution in [3.63, 3.8) is 0 Å². The molecule has 0 radical (unpaired) electrons. The minimum atomic E-state index is -0.887. The van der Waals surface area contributed by atoms with Crippen LogP contribution in [0.3, 0.4) is 0 Å². The van der Waals surface area contributed by atoms with Gasteiger partial charge in [-0.05, 0) is 50.6 Å². The zero-order chi connectivity index (χ0) is 15.8. The van der Waals surface area contributed by atoms with Gasteiger partial charge in [0.05, 0.1) is 5.60 Å². The highest BCUT2D eigenvalue weighted by Crippen LogP contribution is 2.37. The van der Waals surface area contributed by atoms with E-state index in [0.717, 1.165) is 31.5 Å². The Bertz CT molecular complexity index is 554. The number of ether oxygens (including phenoxy) is 1. The van der Waals surface area contributed by atoms with Gasteiger partial charge in [-0.25, -0.2) is 4.39 Å². The molecule has 2 heterocycles. The molecule has 0 saturated carbocycles. The van der Waals surface area contributed by atoms with Crippen LogP contribution in [0, 0.1) is 5.82 Å². The summed E-state index contributed by atoms with van der Waals surface area (Å²) in [6.45, 7) is 4.33. The Kier molecular flexibility index (Phi) is 3.95. The molecule has 0 bridgehead atoms. The maximum absolute atomic E-state index is 13.1. The van der Waals surface area contributed by atoms with Gasteiger partial charge in [0, 0.05) is 20.0 Å². The first-order valence-electron chi connectivity index (χ1n) is 7.83. The van der Waals surface area contributed by atoms with Crippen LogP contribution in [0.2, 0.25) is 0 Å². The molecule has 2 saturated heterocycles. The highest BCUT2D eigenvalue weighted by atomic mass is 19.1. The molecule has 120 valence electrons. The van der Waals surface area contributed by atoms with Gasteiger partial charge in [-0.1, -0.05) is 12.1 Å². The van der Waals surface area contributed by atoms with Gasteiger partial charge in [0.25, 0.3) is 5.91 Å². The van der Waals surface area contributed by atoms with Crippen molar-refractivity contribution in [2.45, 2.75) is 37.4 Å². The van der Waals surface area contributed by atoms with E-state index in [1.165, 1.54) is 12.1 Å². The monoisotopic (exact) mass is 306 g/mol. The van der Waals surface area contributed by atoms with Crippen LogP contribution >= 0.6 is 0 Å². The van der Waals surface area contributed by atoms with Gasteiger partial charge in [0.1, 0.15) is 11.4 Å². The Balaban J connectivity index is 1.85. The first kappa shape index (κ1) is 15.4. The Hall–Kier alpha value is -1.46. The molecule has 5 heteroatoms. The second-order valence-corrected chi connectivity index (χ2v) is 6.73. The van der Waals surface area contributed by atoms with E-state index < -0.39 is 5.60 Å². The number of halogens is 1. The molecule has 1 aromatic carbocycles. The molecule has 2 fully saturated rings. The van der Waals surface area contributed by atoms with E-state index in [1.54, 1.807) is 17.0 Å². The summed E-state index contributed by atoms with van der Waals surface area (Å²) >= 11 is 0. The fourth-order valence-corrected chi connectivity index (χ4v) is 3.71. The van der Waals surface area contributed by atoms with Crippen molar-refractivity contribution in [3.8, 4) is 0 Å². The summed E-state index contributed by atoms with van der Waals surface area (Å²) in [5, 5.41) is 3.34. The van der Waals surface area contributed by atoms with Crippen LogP contribution in [0.15, 0.2) is 24.3 Å². The van der Waals surface area contributed by atoms with E-state index in [0.29, 0.717) is 13.0 Å². The highest BCUT2D eigenvalue weighted by molar-refractivity contribution is 5.86. The van der Waals surface area contributed by atoms with Gasteiger partial charge in [0.2, 0.25) is 0 Å². The summed E-state index contributed by atoms with van der Waals surface area (Å²) in [5.41, 5.74) is -0.234. The fraction of sp³-hybridized carbons (Fsp3) is 0.588. The maximum Gasteiger partial charge on any atom is 0.254 e. The van der Waals surface area contributed by atoms with E-state index in [4.69, 9.17) is 4.74 Å². The lowest BCUT2D eigenvalue weighted by atomic mass is 9.84. The number of rotatable bonds is 2. The lowest BCUT2D eigenvalue weighted by Crippen LogP contribution is -2.65. The Morgan fingerprint density at radius 2 is 1.91 bits per heavy atom. The summed E-state index contributed by atoms with van der Waals surface area (Å²) in [6.07, 6.45) is 2.28. The Morgan fingerprint density at radius 1 is 1.27 bits per heavy atom. The molecule has 3 rings (SSSR count). The maximum atomic E-state index is 13.1. The van der Waals surface area contributed by atoms with Crippen LogP contribution in [0.25, 0.3) is 0 Å². The van der Waals surface area contributed by atoms with Crippen LogP contribution in [0.1, 0.15) is 25.3 Å². The normalized spacial score (nSPS) is 28.1. The van der Waals surface area contributed by atoms with E-state index in [9.17, 15) is 9.18 Å². The smallest absolute Gasteiger partial charge is 0.254 e. The standard InChI is InChI=1S/C17H23FN2O2/c1-16(11-13-3-5-14(18)6-4-13)15(21)20(2)12-17(22-16)7-9-19-10-8-17/h3-6,19H,7-12H2,1-2H3. The number of hydrogen-bond acceptors (Lipinski definition) is 3. The first-order valence-corrected chi connectivity index (χ1v) is 7.83. The van der Waals surface area contributed by atoms with E-state index in [2.05, 4.69) is 5.32 Å². The third kappa shape index (κ3) is 2.88. The van der Waals surface area contributed by atoms with Gasteiger partial charge >= 0.3 is 0 Å². The van der Waals surface area contributed by atoms with Crippen molar-refractivity contribution in [1.82, 2.24) is 10.2 Å². The largest absolute Gasteiger partial charge is 0.357 e. The number of benzene rings is 1. The van der Waals surface area contributed by atoms with Gasteiger partial charge in [-0.15, -0.1) is 0 Å². The number of morpholine rings is 1. The molecule has 1 aromatic rings. The summed E-state index contributed by atoms with van der Waals surface area (Å²) in [6, 6.07) is 6.30. The van der Waals surface area contributed by atoms with Gasteiger partial charge < -0.3 is 15.0 Å². The van der Waals surface area contributed by atoms with Crippen LogP contribution < -0.4 is 5.32 Å². The second-order valence-electron chi connectivity index (χ2n) is 6.73. The molecule has 0 aliphatic carbocycles. The summed E-state index contributed by atoms with van der Waals surface area (Å²) in [4.78, 5) is 14.4. The number of likely N-dealkylation sites (N-methyl/N-ethyl adjacent to an activating group) is 1. The van der Waals surface area contributed by atoms with E-state index in [1.807, 2.05) is 14.0 Å². The SMILES string of the molecule is CN1CC2(CCNCC2)OC(C)(Cc2ccc(F)cc2)C1=O. The van der Waals surface area contributed by atoms with Gasteiger partial charge in [0.15, 0.2) is 0 Å². The zero-order valence-corrected chi connectivity index (χ0v) is 13.2. The van der Waals surface area contributed by atoms with Gasteiger partial charge in [-0.3, -0.25) is 4.79 Å². The molecular formula is C17H23FN2O2. The van der Waals surface area contributed by atoms with Crippen molar-refractivity contribution in [1.29, 1.82) is 0 Å². The van der Waals surface area contributed by atoms with Crippen molar-refractivity contribution >= 4 is 5.91 Å². The topological polar surface area (TPSA) is 41.6 Å². The van der Waals surface area contributed by atoms with Crippen molar-refractivity contribution in [3.05, 3.63) is 35.6 Å². The number of carbonyl (C=O) groups is 1. The van der Waals surface area contributed by atoms with E-state index >= 15 is 0 Å². The number of nitrogens with one attached hydrogen (secondary N) is 1. The average molecular weight is 306 g/mol.